The van der Waals surface area contributed by atoms with E-state index in [0.29, 0.717) is 0 Å². The molecule has 0 fully saturated rings. The van der Waals surface area contributed by atoms with Gasteiger partial charge in [-0.3, -0.25) is 9.59 Å². The lowest BCUT2D eigenvalue weighted by atomic mass is 10.1. The Hall–Kier alpha value is -2.24. The van der Waals surface area contributed by atoms with E-state index in [1.54, 1.807) is 6.92 Å². The van der Waals surface area contributed by atoms with Gasteiger partial charge in [0.2, 0.25) is 0 Å². The number of rotatable bonds is 5. The van der Waals surface area contributed by atoms with E-state index in [1.165, 1.54) is 12.1 Å². The molecule has 0 atom stereocenters. The van der Waals surface area contributed by atoms with Gasteiger partial charge in [0.05, 0.1) is 6.61 Å². The van der Waals surface area contributed by atoms with Gasteiger partial charge in [-0.1, -0.05) is 0 Å². The zero-order valence-electron chi connectivity index (χ0n) is 9.17. The minimum absolute atomic E-state index is 0.155. The number of ether oxygens (including phenoxy) is 1. The van der Waals surface area contributed by atoms with Crippen molar-refractivity contribution in [3.63, 3.8) is 0 Å². The molecule has 0 saturated carbocycles. The number of hydrogen-bond donors (Lipinski definition) is 1. The molecule has 6 heteroatoms. The number of nitrogens with zero attached hydrogens (tertiary/aromatic N) is 1. The van der Waals surface area contributed by atoms with Gasteiger partial charge in [-0.25, -0.2) is 9.78 Å². The zero-order chi connectivity index (χ0) is 12.8. The van der Waals surface area contributed by atoms with E-state index >= 15 is 0 Å². The van der Waals surface area contributed by atoms with Crippen LogP contribution in [0.5, 0.6) is 0 Å². The van der Waals surface area contributed by atoms with Crippen LogP contribution in [0.2, 0.25) is 0 Å². The maximum Gasteiger partial charge on any atom is 0.354 e. The predicted molar refractivity (Wildman–Crippen MR) is 56.8 cm³/mol. The maximum atomic E-state index is 11.5. The van der Waals surface area contributed by atoms with E-state index in [-0.39, 0.29) is 24.3 Å². The van der Waals surface area contributed by atoms with Gasteiger partial charge >= 0.3 is 11.9 Å². The third kappa shape index (κ3) is 3.67. The molecule has 0 unspecified atom stereocenters. The highest BCUT2D eigenvalue weighted by molar-refractivity contribution is 6.05. The fraction of sp³-hybridized carbons (Fsp3) is 0.273. The molecule has 0 amide bonds. The molecule has 1 rings (SSSR count). The molecule has 0 saturated heterocycles. The van der Waals surface area contributed by atoms with Gasteiger partial charge in [0.1, 0.15) is 12.1 Å². The summed E-state index contributed by atoms with van der Waals surface area (Å²) in [5.74, 6) is -2.23. The second-order valence-corrected chi connectivity index (χ2v) is 3.14. The summed E-state index contributed by atoms with van der Waals surface area (Å²) in [5.41, 5.74) is 0.0285. The van der Waals surface area contributed by atoms with Gasteiger partial charge in [-0.05, 0) is 19.1 Å². The molecule has 6 nitrogen and oxygen atoms in total. The Bertz CT molecular complexity index is 438. The van der Waals surface area contributed by atoms with Crippen molar-refractivity contribution in [2.45, 2.75) is 13.3 Å². The molecule has 0 aliphatic carbocycles. The van der Waals surface area contributed by atoms with Gasteiger partial charge in [0.15, 0.2) is 5.78 Å². The monoisotopic (exact) mass is 237 g/mol. The van der Waals surface area contributed by atoms with Crippen molar-refractivity contribution < 1.29 is 24.2 Å². The normalized spacial score (nSPS) is 9.71. The van der Waals surface area contributed by atoms with E-state index in [0.717, 1.165) is 6.20 Å². The van der Waals surface area contributed by atoms with E-state index in [4.69, 9.17) is 5.11 Å². The molecule has 1 N–H and O–H groups in total. The average molecular weight is 237 g/mol. The predicted octanol–water partition coefficient (Wildman–Crippen LogP) is 0.916. The SMILES string of the molecule is CCOC(=O)CC(=O)c1ccc(C(=O)O)nc1. The van der Waals surface area contributed by atoms with Crippen LogP contribution in [-0.2, 0) is 9.53 Å². The Balaban J connectivity index is 2.70. The third-order valence-corrected chi connectivity index (χ3v) is 1.91. The van der Waals surface area contributed by atoms with Crippen molar-refractivity contribution >= 4 is 17.7 Å². The largest absolute Gasteiger partial charge is 0.477 e. The highest BCUT2D eigenvalue weighted by atomic mass is 16.5. The molecule has 1 aromatic heterocycles. The number of aromatic nitrogens is 1. The summed E-state index contributed by atoms with van der Waals surface area (Å²) in [6.45, 7) is 1.86. The maximum absolute atomic E-state index is 11.5. The summed E-state index contributed by atoms with van der Waals surface area (Å²) in [5, 5.41) is 8.61. The molecule has 17 heavy (non-hydrogen) atoms. The van der Waals surface area contributed by atoms with E-state index in [2.05, 4.69) is 9.72 Å². The average Bonchev–Trinajstić information content (AvgIpc) is 2.29. The molecule has 0 aromatic carbocycles. The Morgan fingerprint density at radius 2 is 2.06 bits per heavy atom. The smallest absolute Gasteiger partial charge is 0.354 e. The minimum atomic E-state index is -1.17. The number of carboxylic acids is 1. The molecule has 0 radical (unpaired) electrons. The van der Waals surface area contributed by atoms with Crippen molar-refractivity contribution in [3.8, 4) is 0 Å². The van der Waals surface area contributed by atoms with Crippen molar-refractivity contribution in [2.24, 2.45) is 0 Å². The van der Waals surface area contributed by atoms with Crippen LogP contribution in [0.3, 0.4) is 0 Å². The minimum Gasteiger partial charge on any atom is -0.477 e. The van der Waals surface area contributed by atoms with Crippen LogP contribution >= 0.6 is 0 Å². The number of carbonyl (C=O) groups excluding carboxylic acids is 2. The van der Waals surface area contributed by atoms with Crippen LogP contribution in [0.4, 0.5) is 0 Å². The first-order valence-electron chi connectivity index (χ1n) is 4.92. The molecule has 90 valence electrons. The van der Waals surface area contributed by atoms with Gasteiger partial charge < -0.3 is 9.84 Å². The second kappa shape index (κ2) is 5.74. The van der Waals surface area contributed by atoms with Crippen LogP contribution in [0.15, 0.2) is 18.3 Å². The van der Waals surface area contributed by atoms with Crippen molar-refractivity contribution in [2.75, 3.05) is 6.61 Å². The summed E-state index contributed by atoms with van der Waals surface area (Å²) in [6.07, 6.45) is 0.757. The Labute approximate surface area is 97.2 Å². The lowest BCUT2D eigenvalue weighted by Gasteiger charge is -2.01. The molecule has 1 heterocycles. The highest BCUT2D eigenvalue weighted by Gasteiger charge is 2.13. The Morgan fingerprint density at radius 3 is 2.53 bits per heavy atom. The number of aromatic carboxylic acids is 1. The second-order valence-electron chi connectivity index (χ2n) is 3.14. The lowest BCUT2D eigenvalue weighted by Crippen LogP contribution is -2.12. The summed E-state index contributed by atoms with van der Waals surface area (Å²) in [7, 11) is 0. The van der Waals surface area contributed by atoms with Crippen molar-refractivity contribution in [1.82, 2.24) is 4.98 Å². The first-order valence-corrected chi connectivity index (χ1v) is 4.92. The number of pyridine rings is 1. The fourth-order valence-electron chi connectivity index (χ4n) is 1.13. The molecular formula is C11H11NO5. The van der Waals surface area contributed by atoms with Crippen LogP contribution < -0.4 is 0 Å². The van der Waals surface area contributed by atoms with Gasteiger partial charge in [0.25, 0.3) is 0 Å². The number of carboxylic acid groups (broad SMARTS) is 1. The molecule has 0 aliphatic rings. The Morgan fingerprint density at radius 1 is 1.35 bits per heavy atom. The number of esters is 1. The Kier molecular flexibility index (Phi) is 4.33. The van der Waals surface area contributed by atoms with Crippen LogP contribution in [-0.4, -0.2) is 34.4 Å². The number of ketones is 1. The van der Waals surface area contributed by atoms with Crippen LogP contribution in [0, 0.1) is 0 Å². The van der Waals surface area contributed by atoms with Gasteiger partial charge in [-0.2, -0.15) is 0 Å². The van der Waals surface area contributed by atoms with E-state index in [1.807, 2.05) is 0 Å². The standard InChI is InChI=1S/C11H11NO5/c1-2-17-10(14)5-9(13)7-3-4-8(11(15)16)12-6-7/h3-4,6H,2,5H2,1H3,(H,15,16). The molecule has 0 spiro atoms. The summed E-state index contributed by atoms with van der Waals surface area (Å²) in [4.78, 5) is 36.7. The van der Waals surface area contributed by atoms with Crippen LogP contribution in [0.1, 0.15) is 34.2 Å². The molecule has 0 bridgehead atoms. The summed E-state index contributed by atoms with van der Waals surface area (Å²) < 4.78 is 4.62. The summed E-state index contributed by atoms with van der Waals surface area (Å²) in [6, 6.07) is 2.53. The third-order valence-electron chi connectivity index (χ3n) is 1.91. The van der Waals surface area contributed by atoms with Crippen LogP contribution in [0.25, 0.3) is 0 Å². The van der Waals surface area contributed by atoms with E-state index in [9.17, 15) is 14.4 Å². The fourth-order valence-corrected chi connectivity index (χ4v) is 1.13. The highest BCUT2D eigenvalue weighted by Crippen LogP contribution is 2.05. The van der Waals surface area contributed by atoms with Crippen molar-refractivity contribution in [1.29, 1.82) is 0 Å². The first kappa shape index (κ1) is 12.8. The van der Waals surface area contributed by atoms with Gasteiger partial charge in [-0.15, -0.1) is 0 Å². The summed E-state index contributed by atoms with van der Waals surface area (Å²) >= 11 is 0. The number of carbonyl (C=O) groups is 3. The first-order chi connectivity index (χ1) is 8.04. The molecule has 0 aliphatic heterocycles. The zero-order valence-corrected chi connectivity index (χ0v) is 9.17. The van der Waals surface area contributed by atoms with Crippen molar-refractivity contribution in [3.05, 3.63) is 29.6 Å². The topological polar surface area (TPSA) is 93.6 Å². The number of hydrogen-bond acceptors (Lipinski definition) is 5. The number of Topliss-reactive ketones (excluding diaryl/α,β-unsaturated/α-hetero) is 1. The molecular weight excluding hydrogens is 226 g/mol. The quantitative estimate of drug-likeness (QED) is 0.465. The molecule has 1 aromatic rings. The van der Waals surface area contributed by atoms with Gasteiger partial charge in [0, 0.05) is 11.8 Å². The van der Waals surface area contributed by atoms with E-state index < -0.39 is 17.7 Å². The lowest BCUT2D eigenvalue weighted by molar-refractivity contribution is -0.141.